The number of Topliss-reactive ketones (excluding diaryl/α,β-unsaturated/α-hetero) is 1. The van der Waals surface area contributed by atoms with E-state index in [4.69, 9.17) is 4.74 Å². The number of rotatable bonds is 2. The van der Waals surface area contributed by atoms with Crippen LogP contribution in [-0.4, -0.2) is 68.1 Å². The molecular formula is C25H42N2O2. The van der Waals surface area contributed by atoms with E-state index in [9.17, 15) is 4.79 Å². The van der Waals surface area contributed by atoms with Crippen LogP contribution in [0.2, 0.25) is 0 Å². The highest BCUT2D eigenvalue weighted by molar-refractivity contribution is 5.92. The zero-order valence-electron chi connectivity index (χ0n) is 19.2. The van der Waals surface area contributed by atoms with Gasteiger partial charge in [0.05, 0.1) is 19.3 Å². The maximum atomic E-state index is 13.6. The topological polar surface area (TPSA) is 32.8 Å². The summed E-state index contributed by atoms with van der Waals surface area (Å²) in [6.07, 6.45) is 10.5. The number of ketones is 1. The van der Waals surface area contributed by atoms with Crippen LogP contribution in [0.3, 0.4) is 0 Å². The molecule has 1 aliphatic heterocycles. The minimum absolute atomic E-state index is 0.0613. The fourth-order valence-corrected chi connectivity index (χ4v) is 8.70. The largest absolute Gasteiger partial charge is 0.379 e. The molecule has 1 heterocycles. The van der Waals surface area contributed by atoms with Gasteiger partial charge in [-0.1, -0.05) is 13.8 Å². The van der Waals surface area contributed by atoms with E-state index < -0.39 is 0 Å². The van der Waals surface area contributed by atoms with Crippen LogP contribution in [0.4, 0.5) is 0 Å². The maximum absolute atomic E-state index is 13.6. The molecule has 0 spiro atoms. The number of morpholine rings is 1. The second-order valence-corrected chi connectivity index (χ2v) is 11.8. The lowest BCUT2D eigenvalue weighted by atomic mass is 9.45. The highest BCUT2D eigenvalue weighted by Gasteiger charge is 2.63. The molecule has 0 N–H and O–H groups in total. The van der Waals surface area contributed by atoms with E-state index in [1.54, 1.807) is 0 Å². The molecule has 1 saturated heterocycles. The zero-order chi connectivity index (χ0) is 20.4. The number of nitrogens with zero attached hydrogens (tertiary/aromatic N) is 2. The van der Waals surface area contributed by atoms with Gasteiger partial charge in [0.25, 0.3) is 0 Å². The highest BCUT2D eigenvalue weighted by atomic mass is 16.5. The maximum Gasteiger partial charge on any atom is 0.156 e. The Morgan fingerprint density at radius 3 is 2.45 bits per heavy atom. The molecule has 0 amide bonds. The van der Waals surface area contributed by atoms with Crippen LogP contribution in [-0.2, 0) is 9.53 Å². The molecule has 0 unspecified atom stereocenters. The number of hydrogen-bond acceptors (Lipinski definition) is 4. The van der Waals surface area contributed by atoms with E-state index in [1.807, 2.05) is 0 Å². The Morgan fingerprint density at radius 1 is 0.966 bits per heavy atom. The molecule has 0 radical (unpaired) electrons. The standard InChI is InChI=1S/C25H42N2O2/c1-24-9-7-18(26(3)4)15-17(24)5-6-19-20(24)8-10-25(2)21(19)16-22(23(25)28)27-11-13-29-14-12-27/h17-22H,5-16H2,1-4H3/t17-,18-,19+,20-,21-,22-,24-,25-/m0/s1. The lowest BCUT2D eigenvalue weighted by Crippen LogP contribution is -2.55. The molecule has 0 aromatic heterocycles. The van der Waals surface area contributed by atoms with Crippen molar-refractivity contribution >= 4 is 5.78 Å². The average Bonchev–Trinajstić information content (AvgIpc) is 2.99. The fourth-order valence-electron chi connectivity index (χ4n) is 8.70. The SMILES string of the molecule is CN(C)[C@H]1CC[C@@]2(C)[C@@H](CC[C@@H]3[C@@H]2CC[C@]2(C)C(=O)[C@@H](N4CCOCC4)C[C@@H]32)C1. The van der Waals surface area contributed by atoms with Gasteiger partial charge < -0.3 is 9.64 Å². The van der Waals surface area contributed by atoms with Crippen LogP contribution in [0.25, 0.3) is 0 Å². The van der Waals surface area contributed by atoms with Gasteiger partial charge in [-0.3, -0.25) is 9.69 Å². The van der Waals surface area contributed by atoms with Crippen molar-refractivity contribution in [1.29, 1.82) is 0 Å². The quantitative estimate of drug-likeness (QED) is 0.703. The Hall–Kier alpha value is -0.450. The molecule has 0 aromatic rings. The van der Waals surface area contributed by atoms with Gasteiger partial charge in [0, 0.05) is 24.5 Å². The summed E-state index contributed by atoms with van der Waals surface area (Å²) >= 11 is 0. The molecule has 4 saturated carbocycles. The van der Waals surface area contributed by atoms with Gasteiger partial charge >= 0.3 is 0 Å². The first-order valence-electron chi connectivity index (χ1n) is 12.4. The molecule has 8 atom stereocenters. The van der Waals surface area contributed by atoms with Crippen LogP contribution < -0.4 is 0 Å². The second-order valence-electron chi connectivity index (χ2n) is 11.8. The van der Waals surface area contributed by atoms with Crippen molar-refractivity contribution in [2.75, 3.05) is 40.4 Å². The van der Waals surface area contributed by atoms with Gasteiger partial charge in [-0.2, -0.15) is 0 Å². The molecule has 164 valence electrons. The Balaban J connectivity index is 1.37. The van der Waals surface area contributed by atoms with Crippen LogP contribution in [0.5, 0.6) is 0 Å². The van der Waals surface area contributed by atoms with Crippen molar-refractivity contribution in [1.82, 2.24) is 9.80 Å². The molecule has 5 fully saturated rings. The fraction of sp³-hybridized carbons (Fsp3) is 0.960. The number of ether oxygens (including phenoxy) is 1. The first-order chi connectivity index (χ1) is 13.8. The van der Waals surface area contributed by atoms with Gasteiger partial charge in [0.2, 0.25) is 0 Å². The molecular weight excluding hydrogens is 360 g/mol. The number of fused-ring (bicyclic) bond motifs is 5. The number of hydrogen-bond donors (Lipinski definition) is 0. The lowest BCUT2D eigenvalue weighted by Gasteiger charge is -2.60. The van der Waals surface area contributed by atoms with E-state index in [2.05, 4.69) is 37.7 Å². The van der Waals surface area contributed by atoms with Crippen molar-refractivity contribution in [2.45, 2.75) is 77.3 Å². The Kier molecular flexibility index (Phi) is 5.15. The Bertz CT molecular complexity index is 645. The third-order valence-electron chi connectivity index (χ3n) is 10.6. The molecule has 5 aliphatic rings. The monoisotopic (exact) mass is 402 g/mol. The average molecular weight is 403 g/mol. The van der Waals surface area contributed by atoms with Gasteiger partial charge in [0.15, 0.2) is 5.78 Å². The lowest BCUT2D eigenvalue weighted by molar-refractivity contribution is -0.142. The summed E-state index contributed by atoms with van der Waals surface area (Å²) in [4.78, 5) is 18.6. The summed E-state index contributed by atoms with van der Waals surface area (Å²) in [5, 5.41) is 0. The smallest absolute Gasteiger partial charge is 0.156 e. The van der Waals surface area contributed by atoms with Crippen molar-refractivity contribution in [3.8, 4) is 0 Å². The van der Waals surface area contributed by atoms with Gasteiger partial charge in [0.1, 0.15) is 0 Å². The molecule has 4 heteroatoms. The van der Waals surface area contributed by atoms with E-state index in [1.165, 1.54) is 38.5 Å². The van der Waals surface area contributed by atoms with E-state index in [-0.39, 0.29) is 11.5 Å². The number of carbonyl (C=O) groups excluding carboxylic acids is 1. The van der Waals surface area contributed by atoms with Gasteiger partial charge in [-0.15, -0.1) is 0 Å². The molecule has 29 heavy (non-hydrogen) atoms. The van der Waals surface area contributed by atoms with Crippen LogP contribution >= 0.6 is 0 Å². The van der Waals surface area contributed by atoms with Gasteiger partial charge in [-0.25, -0.2) is 0 Å². The normalized spacial score (nSPS) is 50.9. The molecule has 4 nitrogen and oxygen atoms in total. The third-order valence-corrected chi connectivity index (χ3v) is 10.6. The summed E-state index contributed by atoms with van der Waals surface area (Å²) in [7, 11) is 4.53. The van der Waals surface area contributed by atoms with E-state index >= 15 is 0 Å². The van der Waals surface area contributed by atoms with Crippen molar-refractivity contribution < 1.29 is 9.53 Å². The summed E-state index contributed by atoms with van der Waals surface area (Å²) in [5.74, 6) is 3.71. The minimum Gasteiger partial charge on any atom is -0.379 e. The highest BCUT2D eigenvalue weighted by Crippen LogP contribution is 2.65. The van der Waals surface area contributed by atoms with Gasteiger partial charge in [-0.05, 0) is 94.5 Å². The van der Waals surface area contributed by atoms with Crippen molar-refractivity contribution in [3.05, 3.63) is 0 Å². The zero-order valence-corrected chi connectivity index (χ0v) is 19.2. The predicted octanol–water partition coefficient (Wildman–Crippen LogP) is 3.84. The van der Waals surface area contributed by atoms with Crippen LogP contribution in [0, 0.1) is 34.5 Å². The Morgan fingerprint density at radius 2 is 1.72 bits per heavy atom. The summed E-state index contributed by atoms with van der Waals surface area (Å²) < 4.78 is 5.57. The third kappa shape index (κ3) is 3.07. The molecule has 0 bridgehead atoms. The van der Waals surface area contributed by atoms with Crippen molar-refractivity contribution in [3.63, 3.8) is 0 Å². The first kappa shape index (κ1) is 20.5. The molecule has 4 aliphatic carbocycles. The second kappa shape index (κ2) is 7.31. The predicted molar refractivity (Wildman–Crippen MR) is 116 cm³/mol. The summed E-state index contributed by atoms with van der Waals surface area (Å²) in [6, 6.07) is 0.944. The van der Waals surface area contributed by atoms with Crippen LogP contribution in [0.1, 0.15) is 65.2 Å². The Labute approximate surface area is 177 Å². The van der Waals surface area contributed by atoms with E-state index in [0.29, 0.717) is 17.1 Å². The summed E-state index contributed by atoms with van der Waals surface area (Å²) in [5.41, 5.74) is 0.449. The first-order valence-corrected chi connectivity index (χ1v) is 12.4. The molecule has 5 rings (SSSR count). The number of carbonyl (C=O) groups is 1. The minimum atomic E-state index is -0.0613. The van der Waals surface area contributed by atoms with E-state index in [0.717, 1.165) is 62.9 Å². The molecule has 0 aromatic carbocycles. The van der Waals surface area contributed by atoms with Crippen LogP contribution in [0.15, 0.2) is 0 Å². The van der Waals surface area contributed by atoms with Crippen molar-refractivity contribution in [2.24, 2.45) is 34.5 Å². The summed E-state index contributed by atoms with van der Waals surface area (Å²) in [6.45, 7) is 8.46.